The Morgan fingerprint density at radius 3 is 2.21 bits per heavy atom. The van der Waals surface area contributed by atoms with Gasteiger partial charge in [0.25, 0.3) is 0 Å². The second kappa shape index (κ2) is 9.24. The maximum atomic E-state index is 13.4. The third-order valence-corrected chi connectivity index (χ3v) is 5.62. The molecule has 1 aliphatic rings. The summed E-state index contributed by atoms with van der Waals surface area (Å²) in [7, 11) is 0. The lowest BCUT2D eigenvalue weighted by Crippen LogP contribution is -2.62. The highest BCUT2D eigenvalue weighted by molar-refractivity contribution is 5.66. The van der Waals surface area contributed by atoms with Crippen molar-refractivity contribution >= 4 is 6.09 Å². The van der Waals surface area contributed by atoms with Gasteiger partial charge in [-0.05, 0) is 13.8 Å². The number of aromatic nitrogens is 2. The lowest BCUT2D eigenvalue weighted by molar-refractivity contribution is -0.300. The van der Waals surface area contributed by atoms with Crippen molar-refractivity contribution in [2.45, 2.75) is 44.8 Å². The number of carboxylic acid groups (broad SMARTS) is 1. The number of alkyl halides is 6. The first-order chi connectivity index (χ1) is 15.3. The van der Waals surface area contributed by atoms with E-state index in [1.165, 1.54) is 4.90 Å². The molecule has 0 bridgehead atoms. The fourth-order valence-corrected chi connectivity index (χ4v) is 4.05. The first-order valence-corrected chi connectivity index (χ1v) is 10.3. The first-order valence-electron chi connectivity index (χ1n) is 10.3. The Morgan fingerprint density at radius 2 is 1.70 bits per heavy atom. The van der Waals surface area contributed by atoms with Gasteiger partial charge in [0, 0.05) is 49.5 Å². The van der Waals surface area contributed by atoms with E-state index in [-0.39, 0.29) is 24.0 Å². The minimum absolute atomic E-state index is 0.00762. The van der Waals surface area contributed by atoms with Crippen LogP contribution in [-0.2, 0) is 6.54 Å². The van der Waals surface area contributed by atoms with Crippen molar-refractivity contribution in [3.05, 3.63) is 42.1 Å². The third-order valence-electron chi connectivity index (χ3n) is 5.62. The second-order valence-electron chi connectivity index (χ2n) is 8.28. The van der Waals surface area contributed by atoms with Gasteiger partial charge in [-0.2, -0.15) is 31.4 Å². The van der Waals surface area contributed by atoms with Gasteiger partial charge in [-0.15, -0.1) is 0 Å². The van der Waals surface area contributed by atoms with Crippen molar-refractivity contribution in [3.63, 3.8) is 0 Å². The number of carbonyl (C=O) groups is 1. The summed E-state index contributed by atoms with van der Waals surface area (Å²) in [4.78, 5) is 13.1. The van der Waals surface area contributed by atoms with E-state index in [1.807, 2.05) is 32.0 Å². The number of hydrogen-bond donors (Lipinski definition) is 1. The Morgan fingerprint density at radius 1 is 1.09 bits per heavy atom. The molecule has 12 heteroatoms. The van der Waals surface area contributed by atoms with Gasteiger partial charge >= 0.3 is 18.4 Å². The van der Waals surface area contributed by atoms with Crippen LogP contribution in [0, 0.1) is 5.92 Å². The highest BCUT2D eigenvalue weighted by atomic mass is 19.4. The summed E-state index contributed by atoms with van der Waals surface area (Å²) in [6, 6.07) is 6.70. The molecule has 1 aliphatic heterocycles. The van der Waals surface area contributed by atoms with Crippen molar-refractivity contribution in [2.75, 3.05) is 19.6 Å². The van der Waals surface area contributed by atoms with Crippen LogP contribution in [0.4, 0.5) is 31.1 Å². The van der Waals surface area contributed by atoms with Gasteiger partial charge < -0.3 is 10.0 Å². The summed E-state index contributed by atoms with van der Waals surface area (Å²) in [6.07, 6.45) is -11.4. The van der Waals surface area contributed by atoms with E-state index >= 15 is 0 Å². The predicted octanol–water partition coefficient (Wildman–Crippen LogP) is 5.04. The largest absolute Gasteiger partial charge is 0.465 e. The van der Waals surface area contributed by atoms with Crippen LogP contribution in [0.1, 0.15) is 25.5 Å². The third kappa shape index (κ3) is 5.60. The van der Waals surface area contributed by atoms with E-state index in [0.29, 0.717) is 11.3 Å². The molecule has 1 saturated heterocycles. The Kier molecular flexibility index (Phi) is 6.96. The first kappa shape index (κ1) is 24.9. The number of nitrogens with zero attached hydrogens (tertiary/aromatic N) is 4. The van der Waals surface area contributed by atoms with Crippen LogP contribution in [0.5, 0.6) is 0 Å². The molecule has 1 N–H and O–H groups in total. The summed E-state index contributed by atoms with van der Waals surface area (Å²) < 4.78 is 82.1. The van der Waals surface area contributed by atoms with Crippen LogP contribution < -0.4 is 0 Å². The van der Waals surface area contributed by atoms with Gasteiger partial charge in [-0.1, -0.05) is 30.3 Å². The standard InChI is InChI=1S/C21H24F6N4O2/c1-13(2)31-11-15(17(28-31)14-6-4-3-5-7-14)10-29-8-9-30(19(32)33)16(12-29)18(20(22,23)24)21(25,26)27/h3-7,11,13,16,18H,8-10,12H2,1-2H3,(H,32,33). The quantitative estimate of drug-likeness (QED) is 0.612. The molecule has 2 aromatic rings. The molecule has 1 aromatic carbocycles. The fraction of sp³-hybridized carbons (Fsp3) is 0.524. The van der Waals surface area contributed by atoms with Crippen LogP contribution in [0.25, 0.3) is 11.3 Å². The van der Waals surface area contributed by atoms with Gasteiger partial charge in [-0.25, -0.2) is 4.79 Å². The van der Waals surface area contributed by atoms with E-state index in [9.17, 15) is 36.2 Å². The lowest BCUT2D eigenvalue weighted by atomic mass is 9.94. The predicted molar refractivity (Wildman–Crippen MR) is 107 cm³/mol. The number of hydrogen-bond acceptors (Lipinski definition) is 3. The summed E-state index contributed by atoms with van der Waals surface area (Å²) in [5.74, 6) is -3.78. The molecule has 33 heavy (non-hydrogen) atoms. The van der Waals surface area contributed by atoms with Crippen molar-refractivity contribution < 1.29 is 36.2 Å². The van der Waals surface area contributed by atoms with Gasteiger partial charge in [0.15, 0.2) is 5.92 Å². The Balaban J connectivity index is 1.93. The maximum Gasteiger partial charge on any atom is 0.407 e. The van der Waals surface area contributed by atoms with Crippen molar-refractivity contribution in [1.82, 2.24) is 19.6 Å². The highest BCUT2D eigenvalue weighted by Crippen LogP contribution is 2.44. The molecular formula is C21H24F6N4O2. The molecule has 1 aromatic heterocycles. The van der Waals surface area contributed by atoms with Gasteiger partial charge in [0.05, 0.1) is 11.7 Å². The monoisotopic (exact) mass is 478 g/mol. The SMILES string of the molecule is CC(C)n1cc(CN2CCN(C(=O)O)C(C(C(F)(F)F)C(F)(F)F)C2)c(-c2ccccc2)n1. The van der Waals surface area contributed by atoms with Crippen LogP contribution in [0.2, 0.25) is 0 Å². The summed E-state index contributed by atoms with van der Waals surface area (Å²) in [6.45, 7) is 2.63. The second-order valence-corrected chi connectivity index (χ2v) is 8.28. The molecule has 1 unspecified atom stereocenters. The summed E-state index contributed by atoms with van der Waals surface area (Å²) in [5.41, 5.74) is 1.97. The average molecular weight is 478 g/mol. The number of piperazine rings is 1. The van der Waals surface area contributed by atoms with Crippen LogP contribution in [-0.4, -0.2) is 68.8 Å². The smallest absolute Gasteiger partial charge is 0.407 e. The molecule has 0 aliphatic carbocycles. The average Bonchev–Trinajstić information content (AvgIpc) is 3.10. The minimum Gasteiger partial charge on any atom is -0.465 e. The van der Waals surface area contributed by atoms with E-state index < -0.39 is 43.5 Å². The normalized spacial score (nSPS) is 18.4. The van der Waals surface area contributed by atoms with Gasteiger partial charge in [0.1, 0.15) is 0 Å². The van der Waals surface area contributed by atoms with E-state index in [0.717, 1.165) is 5.56 Å². The zero-order valence-corrected chi connectivity index (χ0v) is 17.9. The van der Waals surface area contributed by atoms with E-state index in [2.05, 4.69) is 5.10 Å². The topological polar surface area (TPSA) is 61.6 Å². The zero-order valence-electron chi connectivity index (χ0n) is 17.9. The molecule has 0 spiro atoms. The van der Waals surface area contributed by atoms with Gasteiger partial charge in [0.2, 0.25) is 0 Å². The lowest BCUT2D eigenvalue weighted by Gasteiger charge is -2.44. The fourth-order valence-electron chi connectivity index (χ4n) is 4.05. The molecule has 2 heterocycles. The van der Waals surface area contributed by atoms with E-state index in [4.69, 9.17) is 0 Å². The van der Waals surface area contributed by atoms with Crippen molar-refractivity contribution in [2.24, 2.45) is 5.92 Å². The maximum absolute atomic E-state index is 13.4. The molecule has 1 fully saturated rings. The molecule has 0 radical (unpaired) electrons. The van der Waals surface area contributed by atoms with Crippen LogP contribution >= 0.6 is 0 Å². The van der Waals surface area contributed by atoms with Crippen molar-refractivity contribution in [3.8, 4) is 11.3 Å². The van der Waals surface area contributed by atoms with E-state index in [1.54, 1.807) is 23.0 Å². The molecule has 0 saturated carbocycles. The minimum atomic E-state index is -5.64. The number of benzene rings is 1. The molecule has 1 atom stereocenters. The number of amides is 1. The van der Waals surface area contributed by atoms with Gasteiger partial charge in [-0.3, -0.25) is 9.58 Å². The molecular weight excluding hydrogens is 454 g/mol. The Hall–Kier alpha value is -2.76. The van der Waals surface area contributed by atoms with Crippen LogP contribution in [0.15, 0.2) is 36.5 Å². The summed E-state index contributed by atoms with van der Waals surface area (Å²) in [5, 5.41) is 13.8. The number of rotatable bonds is 5. The molecule has 6 nitrogen and oxygen atoms in total. The van der Waals surface area contributed by atoms with Crippen molar-refractivity contribution in [1.29, 1.82) is 0 Å². The number of halogens is 6. The van der Waals surface area contributed by atoms with Crippen LogP contribution in [0.3, 0.4) is 0 Å². The summed E-state index contributed by atoms with van der Waals surface area (Å²) >= 11 is 0. The molecule has 182 valence electrons. The molecule has 3 rings (SSSR count). The molecule has 1 amide bonds. The highest BCUT2D eigenvalue weighted by Gasteiger charge is 2.62. The zero-order chi connectivity index (χ0) is 24.6. The Labute approximate surface area is 186 Å². The Bertz CT molecular complexity index is 944.